The molecule has 7 aromatic rings. The van der Waals surface area contributed by atoms with Crippen LogP contribution < -0.4 is 14.7 Å². The van der Waals surface area contributed by atoms with Gasteiger partial charge in [-0.25, -0.2) is 0 Å². The number of fused-ring (bicyclic) bond motifs is 2. The second kappa shape index (κ2) is 12.9. The summed E-state index contributed by atoms with van der Waals surface area (Å²) in [4.78, 5) is 48.1. The van der Waals surface area contributed by atoms with Gasteiger partial charge in [-0.1, -0.05) is 72.8 Å². The van der Waals surface area contributed by atoms with Crippen molar-refractivity contribution in [3.63, 3.8) is 0 Å². The summed E-state index contributed by atoms with van der Waals surface area (Å²) >= 11 is 0. The summed E-state index contributed by atoms with van der Waals surface area (Å²) in [5, 5.41) is 21.6. The number of hydrogen-bond acceptors (Lipinski definition) is 7. The molecule has 0 unspecified atom stereocenters. The van der Waals surface area contributed by atoms with Gasteiger partial charge in [0.25, 0.3) is 17.7 Å². The van der Waals surface area contributed by atoms with Gasteiger partial charge in [-0.3, -0.25) is 28.9 Å². The monoisotopic (exact) mass is 766 g/mol. The van der Waals surface area contributed by atoms with Gasteiger partial charge in [-0.05, 0) is 83.8 Å². The van der Waals surface area contributed by atoms with Crippen LogP contribution in [0.2, 0.25) is 0 Å². The third-order valence-corrected chi connectivity index (χ3v) is 12.4. The summed E-state index contributed by atoms with van der Waals surface area (Å²) in [5.41, 5.74) is 6.29. The maximum absolute atomic E-state index is 15.1. The van der Waals surface area contributed by atoms with Crippen LogP contribution in [0.15, 0.2) is 121 Å². The van der Waals surface area contributed by atoms with Crippen molar-refractivity contribution >= 4 is 67.7 Å². The number of nitrogens with zero attached hydrogens (tertiary/aromatic N) is 6. The van der Waals surface area contributed by atoms with Gasteiger partial charge in [0.2, 0.25) is 0 Å². The van der Waals surface area contributed by atoms with Crippen LogP contribution in [0.25, 0.3) is 21.5 Å². The highest BCUT2D eigenvalue weighted by Crippen LogP contribution is 2.55. The lowest BCUT2D eigenvalue weighted by molar-refractivity contribution is -0.146. The SMILES string of the molecule is C[C@@H]1C[C@H](CCn2cc(CCO)nn2)O[C@@]12C(=O)N(Cc1ccc(N3C(=O)c4cccc5cccc3c45)cc1)c1ccc(N3C(=O)c4cccc5cccc3c45)cc12. The molecule has 0 radical (unpaired) electrons. The minimum atomic E-state index is -1.27. The smallest absolute Gasteiger partial charge is 0.264 e. The molecule has 1 N–H and O–H groups in total. The van der Waals surface area contributed by atoms with E-state index in [1.165, 1.54) is 0 Å². The van der Waals surface area contributed by atoms with Gasteiger partial charge >= 0.3 is 0 Å². The maximum atomic E-state index is 15.1. The Balaban J connectivity index is 0.937. The highest BCUT2D eigenvalue weighted by molar-refractivity contribution is 6.29. The molecule has 11 nitrogen and oxygen atoms in total. The van der Waals surface area contributed by atoms with E-state index in [0.29, 0.717) is 42.6 Å². The van der Waals surface area contributed by atoms with Crippen molar-refractivity contribution in [1.82, 2.24) is 15.0 Å². The molecule has 11 rings (SSSR count). The average molecular weight is 767 g/mol. The standard InChI is InChI=1S/C47H38N6O5/c1-28-24-35(20-22-50-27-32(21-23-54)48-49-50)58-47(28)38-25-34(53-41-13-5-9-31-7-3-11-37(43(31)41)45(53)56)18-19-39(38)51(46(47)57)26-29-14-16-33(17-15-29)52-40-12-4-8-30-6-2-10-36(42(30)40)44(52)55/h2-19,25,27-28,35,54H,20-24,26H2,1H3/t28-,35+,47+/m1/s1. The zero-order valence-electron chi connectivity index (χ0n) is 31.7. The van der Waals surface area contributed by atoms with Gasteiger partial charge in [0.15, 0.2) is 5.60 Å². The van der Waals surface area contributed by atoms with Crippen LogP contribution in [0.4, 0.5) is 28.4 Å². The third kappa shape index (κ3) is 4.96. The van der Waals surface area contributed by atoms with Gasteiger partial charge in [0, 0.05) is 59.4 Å². The van der Waals surface area contributed by atoms with Gasteiger partial charge < -0.3 is 14.7 Å². The summed E-state index contributed by atoms with van der Waals surface area (Å²) in [6.45, 7) is 2.91. The van der Waals surface area contributed by atoms with Crippen LogP contribution in [-0.2, 0) is 34.6 Å². The zero-order chi connectivity index (χ0) is 39.3. The molecule has 11 heteroatoms. The van der Waals surface area contributed by atoms with E-state index in [2.05, 4.69) is 17.2 Å². The van der Waals surface area contributed by atoms with Gasteiger partial charge in [-0.2, -0.15) is 0 Å². The minimum absolute atomic E-state index is 0.00262. The predicted molar refractivity (Wildman–Crippen MR) is 221 cm³/mol. The highest BCUT2D eigenvalue weighted by Gasteiger charge is 2.60. The number of hydrogen-bond donors (Lipinski definition) is 1. The fraction of sp³-hybridized carbons (Fsp3) is 0.213. The molecule has 0 aliphatic carbocycles. The molecule has 1 saturated heterocycles. The lowest BCUT2D eigenvalue weighted by Gasteiger charge is -2.29. The number of aromatic nitrogens is 3. The molecule has 1 fully saturated rings. The molecular weight excluding hydrogens is 729 g/mol. The molecule has 0 bridgehead atoms. The van der Waals surface area contributed by atoms with Gasteiger partial charge in [0.1, 0.15) is 0 Å². The summed E-state index contributed by atoms with van der Waals surface area (Å²) in [6, 6.07) is 37.2. The number of benzene rings is 6. The lowest BCUT2D eigenvalue weighted by atomic mass is 9.82. The van der Waals surface area contributed by atoms with Crippen LogP contribution in [0.5, 0.6) is 0 Å². The Morgan fingerprint density at radius 3 is 2.03 bits per heavy atom. The quantitative estimate of drug-likeness (QED) is 0.158. The minimum Gasteiger partial charge on any atom is -0.396 e. The number of aliphatic hydroxyl groups is 1. The molecule has 0 saturated carbocycles. The number of amides is 3. The first-order valence-electron chi connectivity index (χ1n) is 19.8. The first-order valence-corrected chi connectivity index (χ1v) is 19.8. The van der Waals surface area contributed by atoms with E-state index in [0.717, 1.165) is 61.1 Å². The van der Waals surface area contributed by atoms with Crippen LogP contribution in [0.3, 0.4) is 0 Å². The maximum Gasteiger partial charge on any atom is 0.264 e. The van der Waals surface area contributed by atoms with Gasteiger partial charge in [-0.15, -0.1) is 5.10 Å². The fourth-order valence-electron chi connectivity index (χ4n) is 9.76. The molecule has 4 aliphatic heterocycles. The van der Waals surface area contributed by atoms with Crippen LogP contribution >= 0.6 is 0 Å². The summed E-state index contributed by atoms with van der Waals surface area (Å²) in [7, 11) is 0. The number of anilines is 5. The Bertz CT molecular complexity index is 2860. The van der Waals surface area contributed by atoms with E-state index in [4.69, 9.17) is 4.74 Å². The first-order chi connectivity index (χ1) is 28.3. The summed E-state index contributed by atoms with van der Waals surface area (Å²) in [6.07, 6.45) is 3.31. The second-order valence-corrected chi connectivity index (χ2v) is 15.7. The topological polar surface area (TPSA) is 121 Å². The Morgan fingerprint density at radius 2 is 1.38 bits per heavy atom. The number of aryl methyl sites for hydroxylation is 1. The van der Waals surface area contributed by atoms with Crippen molar-refractivity contribution in [3.8, 4) is 0 Å². The van der Waals surface area contributed by atoms with Crippen LogP contribution in [0, 0.1) is 5.92 Å². The second-order valence-electron chi connectivity index (χ2n) is 15.7. The number of carbonyl (C=O) groups excluding carboxylic acids is 3. The Hall–Kier alpha value is -6.69. The largest absolute Gasteiger partial charge is 0.396 e. The Labute approximate surface area is 333 Å². The van der Waals surface area contributed by atoms with Crippen molar-refractivity contribution in [2.24, 2.45) is 5.92 Å². The van der Waals surface area contributed by atoms with Crippen molar-refractivity contribution < 1.29 is 24.2 Å². The molecule has 1 spiro atoms. The molecule has 4 aliphatic rings. The summed E-state index contributed by atoms with van der Waals surface area (Å²) in [5.74, 6) is -0.482. The average Bonchev–Trinajstić information content (AvgIpc) is 4.03. The van der Waals surface area contributed by atoms with Crippen molar-refractivity contribution in [2.75, 3.05) is 21.3 Å². The van der Waals surface area contributed by atoms with E-state index in [1.54, 1.807) is 14.5 Å². The Morgan fingerprint density at radius 1 is 0.759 bits per heavy atom. The van der Waals surface area contributed by atoms with Crippen LogP contribution in [0.1, 0.15) is 57.3 Å². The van der Waals surface area contributed by atoms with E-state index >= 15 is 4.79 Å². The van der Waals surface area contributed by atoms with Crippen molar-refractivity contribution in [1.29, 1.82) is 0 Å². The highest BCUT2D eigenvalue weighted by atomic mass is 16.5. The van der Waals surface area contributed by atoms with Crippen LogP contribution in [-0.4, -0.2) is 50.5 Å². The zero-order valence-corrected chi connectivity index (χ0v) is 31.7. The lowest BCUT2D eigenvalue weighted by Crippen LogP contribution is -2.43. The molecule has 5 heterocycles. The molecule has 1 aromatic heterocycles. The number of carbonyl (C=O) groups is 3. The molecule has 3 atom stereocenters. The number of aliphatic hydroxyl groups excluding tert-OH is 1. The van der Waals surface area contributed by atoms with E-state index < -0.39 is 5.60 Å². The molecule has 6 aromatic carbocycles. The van der Waals surface area contributed by atoms with E-state index in [9.17, 15) is 14.7 Å². The van der Waals surface area contributed by atoms with E-state index in [-0.39, 0.29) is 42.9 Å². The molecular formula is C47H38N6O5. The van der Waals surface area contributed by atoms with Gasteiger partial charge in [0.05, 0.1) is 46.5 Å². The normalized spacial score (nSPS) is 20.5. The first kappa shape index (κ1) is 34.5. The molecule has 286 valence electrons. The fourth-order valence-corrected chi connectivity index (χ4v) is 9.76. The molecule has 3 amide bonds. The third-order valence-electron chi connectivity index (χ3n) is 12.4. The van der Waals surface area contributed by atoms with E-state index in [1.807, 2.05) is 126 Å². The number of ether oxygens (including phenoxy) is 1. The summed E-state index contributed by atoms with van der Waals surface area (Å²) < 4.78 is 8.74. The predicted octanol–water partition coefficient (Wildman–Crippen LogP) is 7.96. The van der Waals surface area contributed by atoms with Crippen molar-refractivity contribution in [3.05, 3.63) is 149 Å². The number of rotatable bonds is 9. The van der Waals surface area contributed by atoms with Crippen molar-refractivity contribution in [2.45, 2.75) is 51.0 Å². The molecule has 58 heavy (non-hydrogen) atoms. The Kier molecular flexibility index (Phi) is 7.70.